The monoisotopic (exact) mass is 360 g/mol. The first-order valence-electron chi connectivity index (χ1n) is 7.92. The van der Waals surface area contributed by atoms with Crippen LogP contribution in [0.25, 0.3) is 39.9 Å². The lowest BCUT2D eigenvalue weighted by molar-refractivity contribution is 0.557. The van der Waals surface area contributed by atoms with Crippen LogP contribution in [-0.4, -0.2) is 30.0 Å². The fourth-order valence-electron chi connectivity index (χ4n) is 2.60. The predicted molar refractivity (Wildman–Crippen MR) is 99.3 cm³/mol. The van der Waals surface area contributed by atoms with Crippen molar-refractivity contribution in [3.05, 3.63) is 65.6 Å². The van der Waals surface area contributed by atoms with E-state index in [1.54, 1.807) is 10.8 Å². The third-order valence-corrected chi connectivity index (χ3v) is 4.69. The molecule has 0 unspecified atom stereocenters. The minimum atomic E-state index is 0.628. The van der Waals surface area contributed by atoms with Crippen LogP contribution in [0.5, 0.6) is 0 Å². The number of fused-ring (bicyclic) bond motifs is 1. The molecule has 0 saturated carbocycles. The van der Waals surface area contributed by atoms with E-state index in [1.165, 1.54) is 11.3 Å². The molecule has 26 heavy (non-hydrogen) atoms. The van der Waals surface area contributed by atoms with E-state index < -0.39 is 0 Å². The second kappa shape index (κ2) is 6.08. The maximum Gasteiger partial charge on any atom is 0.235 e. The number of aromatic amines is 1. The van der Waals surface area contributed by atoms with Crippen LogP contribution in [0.2, 0.25) is 0 Å². The fraction of sp³-hybridized carbons (Fsp3) is 0. The number of hydrogen-bond donors (Lipinski definition) is 1. The van der Waals surface area contributed by atoms with Crippen molar-refractivity contribution in [3.8, 4) is 22.8 Å². The molecule has 5 aromatic rings. The normalized spacial score (nSPS) is 11.7. The number of hydrogen-bond acceptors (Lipinski definition) is 6. The van der Waals surface area contributed by atoms with Gasteiger partial charge in [0.15, 0.2) is 0 Å². The molecule has 0 amide bonds. The van der Waals surface area contributed by atoms with Crippen LogP contribution < -0.4 is 0 Å². The zero-order chi connectivity index (χ0) is 17.3. The average Bonchev–Trinajstić information content (AvgIpc) is 3.43. The molecule has 7 nitrogen and oxygen atoms in total. The van der Waals surface area contributed by atoms with Crippen molar-refractivity contribution in [2.75, 3.05) is 0 Å². The molecular weight excluding hydrogens is 348 g/mol. The highest BCUT2D eigenvalue weighted by molar-refractivity contribution is 7.17. The Morgan fingerprint density at radius 1 is 1.04 bits per heavy atom. The van der Waals surface area contributed by atoms with E-state index in [4.69, 9.17) is 4.42 Å². The van der Waals surface area contributed by atoms with Crippen molar-refractivity contribution in [1.82, 2.24) is 30.0 Å². The summed E-state index contributed by atoms with van der Waals surface area (Å²) in [5, 5.41) is 21.2. The second-order valence-electron chi connectivity index (χ2n) is 5.54. The Hall–Kier alpha value is -3.52. The second-order valence-corrected chi connectivity index (χ2v) is 6.53. The topological polar surface area (TPSA) is 84.9 Å². The third-order valence-electron chi connectivity index (χ3n) is 3.83. The van der Waals surface area contributed by atoms with Crippen molar-refractivity contribution in [1.29, 1.82) is 0 Å². The molecule has 0 aliphatic carbocycles. The number of nitrogens with zero attached hydrogens (tertiary/aromatic N) is 5. The van der Waals surface area contributed by atoms with Gasteiger partial charge in [0.05, 0.1) is 12.0 Å². The van der Waals surface area contributed by atoms with Crippen LogP contribution in [0.3, 0.4) is 0 Å². The summed E-state index contributed by atoms with van der Waals surface area (Å²) in [6.45, 7) is 0. The number of rotatable bonds is 4. The molecule has 0 saturated heterocycles. The Bertz CT molecular complexity index is 1180. The summed E-state index contributed by atoms with van der Waals surface area (Å²) in [4.78, 5) is 0.718. The summed E-state index contributed by atoms with van der Waals surface area (Å²) in [6.07, 6.45) is 5.40. The zero-order valence-electron chi connectivity index (χ0n) is 13.4. The Balaban J connectivity index is 1.49. The molecule has 0 atom stereocenters. The molecule has 8 heteroatoms. The Labute approximate surface area is 151 Å². The molecule has 0 aliphatic rings. The lowest BCUT2D eigenvalue weighted by Crippen LogP contribution is -1.90. The highest BCUT2D eigenvalue weighted by atomic mass is 32.1. The molecular formula is C18H12N6OS. The van der Waals surface area contributed by atoms with Crippen molar-refractivity contribution in [3.63, 3.8) is 0 Å². The average molecular weight is 360 g/mol. The summed E-state index contributed by atoms with van der Waals surface area (Å²) >= 11 is 1.45. The van der Waals surface area contributed by atoms with Gasteiger partial charge in [0.1, 0.15) is 16.5 Å². The maximum atomic E-state index is 5.29. The van der Waals surface area contributed by atoms with Gasteiger partial charge in [0.25, 0.3) is 0 Å². The lowest BCUT2D eigenvalue weighted by Gasteiger charge is -1.92. The summed E-state index contributed by atoms with van der Waals surface area (Å²) < 4.78 is 7.01. The van der Waals surface area contributed by atoms with Gasteiger partial charge in [-0.1, -0.05) is 41.7 Å². The number of furan rings is 1. The van der Waals surface area contributed by atoms with Gasteiger partial charge in [0, 0.05) is 5.56 Å². The minimum absolute atomic E-state index is 0.628. The van der Waals surface area contributed by atoms with E-state index in [0.29, 0.717) is 5.82 Å². The van der Waals surface area contributed by atoms with Gasteiger partial charge < -0.3 is 4.42 Å². The first kappa shape index (κ1) is 14.8. The standard InChI is InChI=1S/C18H12N6OS/c1-2-5-12(6-3-1)14-11-15(20-19-14)17-21-22-18-24(17)23-16(26-18)9-8-13-7-4-10-25-13/h1-11H,(H,19,20)/b9-8+. The minimum Gasteiger partial charge on any atom is -0.465 e. The third kappa shape index (κ3) is 2.62. The summed E-state index contributed by atoms with van der Waals surface area (Å²) in [5.41, 5.74) is 2.66. The Morgan fingerprint density at radius 3 is 2.81 bits per heavy atom. The molecule has 0 fully saturated rings. The first-order chi connectivity index (χ1) is 12.9. The summed E-state index contributed by atoms with van der Waals surface area (Å²) in [7, 11) is 0. The van der Waals surface area contributed by atoms with Gasteiger partial charge in [0.2, 0.25) is 10.8 Å². The van der Waals surface area contributed by atoms with Crippen LogP contribution in [0, 0.1) is 0 Å². The van der Waals surface area contributed by atoms with E-state index in [2.05, 4.69) is 25.5 Å². The van der Waals surface area contributed by atoms with Gasteiger partial charge in [-0.3, -0.25) is 5.10 Å². The molecule has 126 valence electrons. The zero-order valence-corrected chi connectivity index (χ0v) is 14.2. The highest BCUT2D eigenvalue weighted by Gasteiger charge is 2.15. The SMILES string of the molecule is C(=C\c1nn2c(-c3cc(-c4ccccc4)n[nH]3)nnc2s1)/c1ccco1. The summed E-state index contributed by atoms with van der Waals surface area (Å²) in [5.74, 6) is 1.40. The predicted octanol–water partition coefficient (Wildman–Crippen LogP) is 4.01. The smallest absolute Gasteiger partial charge is 0.235 e. The fourth-order valence-corrected chi connectivity index (χ4v) is 3.34. The molecule has 4 aromatic heterocycles. The number of nitrogens with one attached hydrogen (secondary N) is 1. The number of H-pyrrole nitrogens is 1. The Morgan fingerprint density at radius 2 is 1.96 bits per heavy atom. The van der Waals surface area contributed by atoms with Crippen LogP contribution in [0.1, 0.15) is 10.8 Å². The largest absolute Gasteiger partial charge is 0.465 e. The molecule has 0 bridgehead atoms. The van der Waals surface area contributed by atoms with Gasteiger partial charge in [-0.05, 0) is 30.4 Å². The molecule has 0 radical (unpaired) electrons. The van der Waals surface area contributed by atoms with E-state index in [-0.39, 0.29) is 0 Å². The highest BCUT2D eigenvalue weighted by Crippen LogP contribution is 2.25. The Kier molecular flexibility index (Phi) is 3.46. The van der Waals surface area contributed by atoms with Crippen LogP contribution >= 0.6 is 11.3 Å². The van der Waals surface area contributed by atoms with Crippen LogP contribution in [-0.2, 0) is 0 Å². The van der Waals surface area contributed by atoms with Crippen molar-refractivity contribution in [2.24, 2.45) is 0 Å². The number of aromatic nitrogens is 6. The van der Waals surface area contributed by atoms with Crippen LogP contribution in [0.15, 0.2) is 59.2 Å². The van der Waals surface area contributed by atoms with Gasteiger partial charge in [-0.2, -0.15) is 14.7 Å². The van der Waals surface area contributed by atoms with E-state index in [9.17, 15) is 0 Å². The molecule has 5 rings (SSSR count). The first-order valence-corrected chi connectivity index (χ1v) is 8.73. The van der Waals surface area contributed by atoms with Gasteiger partial charge >= 0.3 is 0 Å². The van der Waals surface area contributed by atoms with E-state index in [1.807, 2.05) is 60.7 Å². The van der Waals surface area contributed by atoms with Crippen molar-refractivity contribution < 1.29 is 4.42 Å². The molecule has 0 spiro atoms. The van der Waals surface area contributed by atoms with Crippen molar-refractivity contribution >= 4 is 28.4 Å². The van der Waals surface area contributed by atoms with E-state index in [0.717, 1.165) is 32.7 Å². The molecule has 1 aromatic carbocycles. The maximum absolute atomic E-state index is 5.29. The number of benzene rings is 1. The van der Waals surface area contributed by atoms with Crippen molar-refractivity contribution in [2.45, 2.75) is 0 Å². The van der Waals surface area contributed by atoms with Gasteiger partial charge in [-0.25, -0.2) is 0 Å². The quantitative estimate of drug-likeness (QED) is 0.523. The summed E-state index contributed by atoms with van der Waals surface area (Å²) in [6, 6.07) is 15.7. The van der Waals surface area contributed by atoms with Gasteiger partial charge in [-0.15, -0.1) is 10.2 Å². The lowest BCUT2D eigenvalue weighted by atomic mass is 10.1. The van der Waals surface area contributed by atoms with Crippen LogP contribution in [0.4, 0.5) is 0 Å². The van der Waals surface area contributed by atoms with E-state index >= 15 is 0 Å². The molecule has 0 aliphatic heterocycles. The molecule has 4 heterocycles. The molecule has 1 N–H and O–H groups in total.